The van der Waals surface area contributed by atoms with Gasteiger partial charge in [0.15, 0.2) is 0 Å². The molecular weight excluding hydrogens is 839 g/mol. The summed E-state index contributed by atoms with van der Waals surface area (Å²) in [5.41, 5.74) is 19.4. The minimum absolute atomic E-state index is 0.534. The molecule has 3 aliphatic carbocycles. The zero-order valence-electron chi connectivity index (χ0n) is 38.7. The lowest BCUT2D eigenvalue weighted by molar-refractivity contribution is 0.616. The summed E-state index contributed by atoms with van der Waals surface area (Å²) in [6.45, 7) is 5.26. The van der Waals surface area contributed by atoms with Crippen LogP contribution in [0.4, 0.5) is 17.1 Å². The van der Waals surface area contributed by atoms with Gasteiger partial charge < -0.3 is 9.32 Å². The van der Waals surface area contributed by atoms with Crippen molar-refractivity contribution in [2.24, 2.45) is 0 Å². The number of rotatable bonds is 9. The van der Waals surface area contributed by atoms with E-state index in [2.05, 4.69) is 242 Å². The van der Waals surface area contributed by atoms with Crippen LogP contribution >= 0.6 is 0 Å². The molecule has 0 aliphatic heterocycles. The highest BCUT2D eigenvalue weighted by atomic mass is 28.3. The van der Waals surface area contributed by atoms with Crippen LogP contribution in [0, 0.1) is 0 Å². The van der Waals surface area contributed by atoms with E-state index in [1.807, 2.05) is 0 Å². The van der Waals surface area contributed by atoms with E-state index in [0.717, 1.165) is 33.6 Å². The summed E-state index contributed by atoms with van der Waals surface area (Å²) in [5.74, 6) is 0. The number of nitrogens with zero attached hydrogens (tertiary/aromatic N) is 1. The van der Waals surface area contributed by atoms with E-state index in [-0.39, 0.29) is 0 Å². The first-order chi connectivity index (χ1) is 33.5. The van der Waals surface area contributed by atoms with Gasteiger partial charge in [-0.2, -0.15) is 0 Å². The molecule has 0 amide bonds. The van der Waals surface area contributed by atoms with Gasteiger partial charge in [-0.1, -0.05) is 220 Å². The number of benzene rings is 9. The Kier molecular flexibility index (Phi) is 9.49. The highest BCUT2D eigenvalue weighted by Crippen LogP contribution is 2.60. The van der Waals surface area contributed by atoms with Crippen molar-refractivity contribution < 1.29 is 4.42 Å². The average molecular weight is 892 g/mol. The predicted molar refractivity (Wildman–Crippen MR) is 285 cm³/mol. The van der Waals surface area contributed by atoms with Crippen molar-refractivity contribution in [3.63, 3.8) is 0 Å². The van der Waals surface area contributed by atoms with Crippen molar-refractivity contribution in [1.29, 1.82) is 0 Å². The van der Waals surface area contributed by atoms with E-state index < -0.39 is 18.9 Å². The van der Waals surface area contributed by atoms with Crippen LogP contribution in [0.15, 0.2) is 235 Å². The van der Waals surface area contributed by atoms with E-state index >= 15 is 0 Å². The van der Waals surface area contributed by atoms with Crippen LogP contribution in [0.1, 0.15) is 70.2 Å². The van der Waals surface area contributed by atoms with Gasteiger partial charge in [-0.25, -0.2) is 0 Å². The summed E-state index contributed by atoms with van der Waals surface area (Å²) in [6, 6.07) is 84.8. The summed E-state index contributed by atoms with van der Waals surface area (Å²) >= 11 is 0. The topological polar surface area (TPSA) is 16.4 Å². The van der Waals surface area contributed by atoms with Crippen LogP contribution in [-0.2, 0) is 10.8 Å². The molecule has 0 N–H and O–H groups in total. The summed E-state index contributed by atoms with van der Waals surface area (Å²) in [7, 11) is -1.80. The molecule has 0 spiro atoms. The van der Waals surface area contributed by atoms with Crippen LogP contribution in [0.5, 0.6) is 0 Å². The fourth-order valence-corrected chi connectivity index (χ4v) is 16.4. The Hall–Kier alpha value is -7.46. The molecule has 68 heavy (non-hydrogen) atoms. The SMILES string of the molecule is C[Si](C)(c1ccc2c(c1)C(c1ccccc1)(c1ccccc1)c1cc(N(c3ccc4c(c3)C(c3ccccc3)(c3ccccc3)c3ccccc3-4)c3ccc4occc4c3)ccc1-2)C1CCCC1. The molecule has 0 saturated heterocycles. The second-order valence-corrected chi connectivity index (χ2v) is 24.7. The van der Waals surface area contributed by atoms with Crippen LogP contribution in [0.2, 0.25) is 18.6 Å². The maximum Gasteiger partial charge on any atom is 0.133 e. The molecule has 3 aliphatic rings. The van der Waals surface area contributed by atoms with Crippen molar-refractivity contribution in [2.75, 3.05) is 4.90 Å². The second kappa shape index (κ2) is 15.8. The average Bonchev–Trinajstić information content (AvgIpc) is 4.22. The lowest BCUT2D eigenvalue weighted by atomic mass is 9.67. The van der Waals surface area contributed by atoms with Gasteiger partial charge in [-0.15, -0.1) is 0 Å². The Morgan fingerprint density at radius 1 is 0.412 bits per heavy atom. The molecule has 9 aromatic carbocycles. The van der Waals surface area contributed by atoms with Crippen molar-refractivity contribution in [3.05, 3.63) is 275 Å². The highest BCUT2D eigenvalue weighted by molar-refractivity contribution is 6.91. The Morgan fingerprint density at radius 3 is 1.38 bits per heavy atom. The van der Waals surface area contributed by atoms with Gasteiger partial charge in [0.05, 0.1) is 25.2 Å². The zero-order chi connectivity index (χ0) is 45.5. The quantitative estimate of drug-likeness (QED) is 0.134. The third kappa shape index (κ3) is 5.95. The minimum Gasteiger partial charge on any atom is -0.464 e. The number of anilines is 3. The van der Waals surface area contributed by atoms with Crippen LogP contribution in [-0.4, -0.2) is 8.07 Å². The second-order valence-electron chi connectivity index (χ2n) is 19.9. The number of fused-ring (bicyclic) bond motifs is 7. The Balaban J connectivity index is 1.08. The van der Waals surface area contributed by atoms with Crippen LogP contribution in [0.3, 0.4) is 0 Å². The molecule has 13 rings (SSSR count). The summed E-state index contributed by atoms with van der Waals surface area (Å²) in [6.07, 6.45) is 7.23. The fraction of sp³-hybridized carbons (Fsp3) is 0.138. The lowest BCUT2D eigenvalue weighted by Gasteiger charge is -2.36. The Bertz CT molecular complexity index is 3420. The molecule has 10 aromatic rings. The van der Waals surface area contributed by atoms with Crippen molar-refractivity contribution >= 4 is 41.3 Å². The molecule has 0 unspecified atom stereocenters. The van der Waals surface area contributed by atoms with Gasteiger partial charge in [0.25, 0.3) is 0 Å². The third-order valence-electron chi connectivity index (χ3n) is 16.3. The molecule has 1 heterocycles. The molecule has 1 saturated carbocycles. The smallest absolute Gasteiger partial charge is 0.133 e. The predicted octanol–water partition coefficient (Wildman–Crippen LogP) is 16.5. The lowest BCUT2D eigenvalue weighted by Crippen LogP contribution is -2.46. The standard InChI is InChI=1S/C65H53NOSi/c1-68(2,53-27-15-16-28-53)54-34-37-58-57-36-32-52(43-61(57)65(62(58)44-54,48-23-11-5-12-24-48)49-25-13-6-14-26-49)66(50-33-38-63-45(41-50)39-40-67-63)51-31-35-56-55-29-17-18-30-59(55)64(60(56)42-51,46-19-7-3-8-20-46)47-21-9-4-10-22-47/h3-14,17-26,29-44,53H,15-16,27-28H2,1-2H3. The first kappa shape index (κ1) is 40.8. The maximum atomic E-state index is 5.96. The number of furan rings is 1. The summed E-state index contributed by atoms with van der Waals surface area (Å²) in [5, 5.41) is 2.64. The minimum atomic E-state index is -1.80. The third-order valence-corrected chi connectivity index (χ3v) is 20.7. The zero-order valence-corrected chi connectivity index (χ0v) is 39.7. The van der Waals surface area contributed by atoms with Gasteiger partial charge in [-0.3, -0.25) is 0 Å². The molecule has 0 atom stereocenters. The molecular formula is C65H53NOSi. The van der Waals surface area contributed by atoms with E-state index in [1.54, 1.807) is 11.4 Å². The van der Waals surface area contributed by atoms with E-state index in [0.29, 0.717) is 0 Å². The van der Waals surface area contributed by atoms with Crippen molar-refractivity contribution in [1.82, 2.24) is 0 Å². The monoisotopic (exact) mass is 891 g/mol. The molecule has 3 heteroatoms. The van der Waals surface area contributed by atoms with Crippen LogP contribution < -0.4 is 10.1 Å². The highest BCUT2D eigenvalue weighted by Gasteiger charge is 2.49. The summed E-state index contributed by atoms with van der Waals surface area (Å²) < 4.78 is 5.96. The molecule has 328 valence electrons. The van der Waals surface area contributed by atoms with Crippen molar-refractivity contribution in [3.8, 4) is 22.3 Å². The first-order valence-electron chi connectivity index (χ1n) is 24.5. The number of hydrogen-bond donors (Lipinski definition) is 0. The normalized spacial score (nSPS) is 15.4. The summed E-state index contributed by atoms with van der Waals surface area (Å²) in [4.78, 5) is 2.49. The van der Waals surface area contributed by atoms with Crippen molar-refractivity contribution in [2.45, 2.75) is 55.1 Å². The number of hydrogen-bond acceptors (Lipinski definition) is 2. The van der Waals surface area contributed by atoms with E-state index in [1.165, 1.54) is 92.4 Å². The Morgan fingerprint density at radius 2 is 0.838 bits per heavy atom. The molecule has 1 aromatic heterocycles. The maximum absolute atomic E-state index is 5.96. The van der Waals surface area contributed by atoms with Gasteiger partial charge in [0, 0.05) is 22.4 Å². The molecule has 1 fully saturated rings. The Labute approximate surface area is 401 Å². The fourth-order valence-electron chi connectivity index (χ4n) is 13.0. The van der Waals surface area contributed by atoms with Gasteiger partial charge >= 0.3 is 0 Å². The largest absolute Gasteiger partial charge is 0.464 e. The van der Waals surface area contributed by atoms with Gasteiger partial charge in [-0.05, 0) is 121 Å². The molecule has 2 nitrogen and oxygen atoms in total. The van der Waals surface area contributed by atoms with E-state index in [9.17, 15) is 0 Å². The van der Waals surface area contributed by atoms with Crippen LogP contribution in [0.25, 0.3) is 33.2 Å². The van der Waals surface area contributed by atoms with Gasteiger partial charge in [0.1, 0.15) is 5.58 Å². The van der Waals surface area contributed by atoms with E-state index in [4.69, 9.17) is 4.42 Å². The first-order valence-corrected chi connectivity index (χ1v) is 27.6. The van der Waals surface area contributed by atoms with Gasteiger partial charge in [0.2, 0.25) is 0 Å². The molecule has 0 radical (unpaired) electrons. The molecule has 0 bridgehead atoms.